The van der Waals surface area contributed by atoms with E-state index < -0.39 is 0 Å². The molecule has 0 aliphatic rings. The first-order valence-electron chi connectivity index (χ1n) is 8.48. The van der Waals surface area contributed by atoms with Crippen LogP contribution in [0.2, 0.25) is 0 Å². The first-order valence-corrected chi connectivity index (χ1v) is 8.48. The highest BCUT2D eigenvalue weighted by molar-refractivity contribution is 5.83. The average molecular weight is 308 g/mol. The van der Waals surface area contributed by atoms with Crippen molar-refractivity contribution in [3.05, 3.63) is 120 Å². The summed E-state index contributed by atoms with van der Waals surface area (Å²) in [6, 6.07) is 37.0. The standard InChI is InChI=1S/C24H20/c1-3-10-21(11-4-1)24(22-12-5-2-6-13-22)18-19-15-16-20-9-7-8-14-23(20)17-19/h1-17,24H,18H2. The van der Waals surface area contributed by atoms with Gasteiger partial charge < -0.3 is 0 Å². The van der Waals surface area contributed by atoms with Crippen LogP contribution < -0.4 is 0 Å². The van der Waals surface area contributed by atoms with Gasteiger partial charge in [0.05, 0.1) is 0 Å². The van der Waals surface area contributed by atoms with Gasteiger partial charge in [0.2, 0.25) is 0 Å². The minimum atomic E-state index is 0.383. The largest absolute Gasteiger partial charge is 0.0622 e. The summed E-state index contributed by atoms with van der Waals surface area (Å²) in [7, 11) is 0. The van der Waals surface area contributed by atoms with Crippen LogP contribution in [0.4, 0.5) is 0 Å². The lowest BCUT2D eigenvalue weighted by Gasteiger charge is -2.18. The first kappa shape index (κ1) is 14.7. The van der Waals surface area contributed by atoms with Crippen molar-refractivity contribution < 1.29 is 0 Å². The second-order valence-corrected chi connectivity index (χ2v) is 6.26. The van der Waals surface area contributed by atoms with Crippen LogP contribution in [0.3, 0.4) is 0 Å². The van der Waals surface area contributed by atoms with Crippen LogP contribution in [0.1, 0.15) is 22.6 Å². The second-order valence-electron chi connectivity index (χ2n) is 6.26. The number of benzene rings is 4. The molecule has 0 radical (unpaired) electrons. The van der Waals surface area contributed by atoms with E-state index in [0.717, 1.165) is 6.42 Å². The highest BCUT2D eigenvalue weighted by atomic mass is 14.2. The van der Waals surface area contributed by atoms with E-state index in [1.165, 1.54) is 27.5 Å². The zero-order valence-corrected chi connectivity index (χ0v) is 13.6. The number of hydrogen-bond acceptors (Lipinski definition) is 0. The molecule has 0 aliphatic heterocycles. The molecule has 0 nitrogen and oxygen atoms in total. The highest BCUT2D eigenvalue weighted by Crippen LogP contribution is 2.29. The minimum Gasteiger partial charge on any atom is -0.0622 e. The topological polar surface area (TPSA) is 0 Å². The fourth-order valence-corrected chi connectivity index (χ4v) is 3.40. The van der Waals surface area contributed by atoms with E-state index in [0.29, 0.717) is 5.92 Å². The monoisotopic (exact) mass is 308 g/mol. The summed E-state index contributed by atoms with van der Waals surface area (Å²) in [5.74, 6) is 0.383. The van der Waals surface area contributed by atoms with Crippen molar-refractivity contribution in [3.8, 4) is 0 Å². The maximum atomic E-state index is 2.33. The molecule has 116 valence electrons. The lowest BCUT2D eigenvalue weighted by Crippen LogP contribution is -2.05. The molecule has 0 heteroatoms. The second kappa shape index (κ2) is 6.72. The van der Waals surface area contributed by atoms with Crippen molar-refractivity contribution in [1.82, 2.24) is 0 Å². The van der Waals surface area contributed by atoms with E-state index in [2.05, 4.69) is 103 Å². The van der Waals surface area contributed by atoms with Gasteiger partial charge in [0.15, 0.2) is 0 Å². The summed E-state index contributed by atoms with van der Waals surface area (Å²) in [4.78, 5) is 0. The fraction of sp³-hybridized carbons (Fsp3) is 0.0833. The Kier molecular flexibility index (Phi) is 4.12. The molecule has 0 saturated heterocycles. The van der Waals surface area contributed by atoms with Gasteiger partial charge >= 0.3 is 0 Å². The smallest absolute Gasteiger partial charge is 0.0130 e. The molecule has 0 amide bonds. The zero-order valence-electron chi connectivity index (χ0n) is 13.6. The lowest BCUT2D eigenvalue weighted by atomic mass is 9.85. The summed E-state index contributed by atoms with van der Waals surface area (Å²) in [6.45, 7) is 0. The van der Waals surface area contributed by atoms with Crippen molar-refractivity contribution in [2.75, 3.05) is 0 Å². The summed E-state index contributed by atoms with van der Waals surface area (Å²) < 4.78 is 0. The Hall–Kier alpha value is -2.86. The predicted octanol–water partition coefficient (Wildman–Crippen LogP) is 6.21. The van der Waals surface area contributed by atoms with E-state index >= 15 is 0 Å². The Morgan fingerprint density at radius 3 is 1.67 bits per heavy atom. The SMILES string of the molecule is c1ccc(C(Cc2ccc3ccccc3c2)c2ccccc2)cc1. The summed E-state index contributed by atoms with van der Waals surface area (Å²) in [6.07, 6.45) is 1.01. The van der Waals surface area contributed by atoms with Crippen LogP contribution in [-0.4, -0.2) is 0 Å². The molecule has 4 aromatic carbocycles. The summed E-state index contributed by atoms with van der Waals surface area (Å²) in [5, 5.41) is 2.62. The van der Waals surface area contributed by atoms with Crippen LogP contribution in [-0.2, 0) is 6.42 Å². The van der Waals surface area contributed by atoms with Crippen molar-refractivity contribution in [3.63, 3.8) is 0 Å². The number of fused-ring (bicyclic) bond motifs is 1. The van der Waals surface area contributed by atoms with Crippen molar-refractivity contribution >= 4 is 10.8 Å². The van der Waals surface area contributed by atoms with Gasteiger partial charge in [-0.05, 0) is 33.9 Å². The molecule has 24 heavy (non-hydrogen) atoms. The molecule has 0 atom stereocenters. The Labute approximate surface area is 143 Å². The number of rotatable bonds is 4. The Bertz CT molecular complexity index is 884. The van der Waals surface area contributed by atoms with Gasteiger partial charge in [-0.1, -0.05) is 103 Å². The van der Waals surface area contributed by atoms with E-state index in [1.54, 1.807) is 0 Å². The van der Waals surface area contributed by atoms with Gasteiger partial charge in [-0.3, -0.25) is 0 Å². The molecular formula is C24H20. The molecule has 0 heterocycles. The molecule has 0 aliphatic carbocycles. The fourth-order valence-electron chi connectivity index (χ4n) is 3.40. The van der Waals surface area contributed by atoms with Gasteiger partial charge in [0.25, 0.3) is 0 Å². The quantitative estimate of drug-likeness (QED) is 0.420. The summed E-state index contributed by atoms with van der Waals surface area (Å²) >= 11 is 0. The molecule has 0 saturated carbocycles. The first-order chi connectivity index (χ1) is 11.9. The van der Waals surface area contributed by atoms with E-state index in [1.807, 2.05) is 0 Å². The Morgan fingerprint density at radius 1 is 0.500 bits per heavy atom. The molecule has 0 N–H and O–H groups in total. The molecule has 4 aromatic rings. The minimum absolute atomic E-state index is 0.383. The lowest BCUT2D eigenvalue weighted by molar-refractivity contribution is 0.806. The molecule has 0 bridgehead atoms. The summed E-state index contributed by atoms with van der Waals surface area (Å²) in [5.41, 5.74) is 4.13. The molecule has 4 rings (SSSR count). The number of hydrogen-bond donors (Lipinski definition) is 0. The highest BCUT2D eigenvalue weighted by Gasteiger charge is 2.14. The van der Waals surface area contributed by atoms with Crippen molar-refractivity contribution in [2.24, 2.45) is 0 Å². The van der Waals surface area contributed by atoms with Crippen LogP contribution >= 0.6 is 0 Å². The molecule has 0 aromatic heterocycles. The third-order valence-electron chi connectivity index (χ3n) is 4.66. The van der Waals surface area contributed by atoms with Crippen LogP contribution in [0, 0.1) is 0 Å². The maximum absolute atomic E-state index is 2.33. The van der Waals surface area contributed by atoms with E-state index in [-0.39, 0.29) is 0 Å². The average Bonchev–Trinajstić information content (AvgIpc) is 2.67. The van der Waals surface area contributed by atoms with Crippen molar-refractivity contribution in [1.29, 1.82) is 0 Å². The van der Waals surface area contributed by atoms with Gasteiger partial charge in [-0.2, -0.15) is 0 Å². The predicted molar refractivity (Wildman–Crippen MR) is 102 cm³/mol. The Morgan fingerprint density at radius 2 is 1.04 bits per heavy atom. The molecular weight excluding hydrogens is 288 g/mol. The van der Waals surface area contributed by atoms with Gasteiger partial charge in [0, 0.05) is 5.92 Å². The van der Waals surface area contributed by atoms with Gasteiger partial charge in [-0.25, -0.2) is 0 Å². The molecule has 0 fully saturated rings. The van der Waals surface area contributed by atoms with Crippen LogP contribution in [0.25, 0.3) is 10.8 Å². The van der Waals surface area contributed by atoms with Gasteiger partial charge in [0.1, 0.15) is 0 Å². The normalized spacial score (nSPS) is 11.0. The van der Waals surface area contributed by atoms with Crippen LogP contribution in [0.15, 0.2) is 103 Å². The van der Waals surface area contributed by atoms with E-state index in [9.17, 15) is 0 Å². The maximum Gasteiger partial charge on any atom is 0.0130 e. The Balaban J connectivity index is 1.73. The molecule has 0 spiro atoms. The van der Waals surface area contributed by atoms with E-state index in [4.69, 9.17) is 0 Å². The van der Waals surface area contributed by atoms with Crippen LogP contribution in [0.5, 0.6) is 0 Å². The van der Waals surface area contributed by atoms with Crippen molar-refractivity contribution in [2.45, 2.75) is 12.3 Å². The van der Waals surface area contributed by atoms with Gasteiger partial charge in [-0.15, -0.1) is 0 Å². The third kappa shape index (κ3) is 3.09. The zero-order chi connectivity index (χ0) is 16.2. The third-order valence-corrected chi connectivity index (χ3v) is 4.66. The molecule has 0 unspecified atom stereocenters.